The van der Waals surface area contributed by atoms with Gasteiger partial charge in [-0.1, -0.05) is 11.6 Å². The Labute approximate surface area is 70.5 Å². The second-order valence-electron chi connectivity index (χ2n) is 2.83. The second kappa shape index (κ2) is 2.48. The van der Waals surface area contributed by atoms with Crippen LogP contribution in [0.1, 0.15) is 5.56 Å². The van der Waals surface area contributed by atoms with Crippen molar-refractivity contribution in [1.82, 2.24) is 4.98 Å². The molecule has 0 fully saturated rings. The van der Waals surface area contributed by atoms with E-state index in [1.807, 2.05) is 25.1 Å². The third-order valence-corrected chi connectivity index (χ3v) is 1.86. The van der Waals surface area contributed by atoms with Crippen LogP contribution in [0.2, 0.25) is 0 Å². The molecule has 1 aromatic carbocycles. The Kier molecular flexibility index (Phi) is 1.47. The summed E-state index contributed by atoms with van der Waals surface area (Å²) in [7, 11) is 0. The number of rotatable bonds is 0. The van der Waals surface area contributed by atoms with Crippen molar-refractivity contribution in [2.45, 2.75) is 6.92 Å². The Morgan fingerprint density at radius 1 is 1.25 bits per heavy atom. The average molecular weight is 158 g/mol. The highest BCUT2D eigenvalue weighted by Gasteiger charge is 2.00. The monoisotopic (exact) mass is 158 g/mol. The average Bonchev–Trinajstić information content (AvgIpc) is 2.07. The molecule has 12 heavy (non-hydrogen) atoms. The van der Waals surface area contributed by atoms with E-state index in [-0.39, 0.29) is 5.75 Å². The summed E-state index contributed by atoms with van der Waals surface area (Å²) in [6.07, 6.45) is 1.54. The first-order chi connectivity index (χ1) is 5.77. The molecule has 2 heteroatoms. The maximum absolute atomic E-state index is 11.3. The molecule has 0 amide bonds. The van der Waals surface area contributed by atoms with Crippen molar-refractivity contribution in [1.29, 1.82) is 0 Å². The topological polar surface area (TPSA) is 32.8 Å². The van der Waals surface area contributed by atoms with E-state index in [0.717, 1.165) is 11.1 Å². The minimum Gasteiger partial charge on any atom is -0.289 e. The molecule has 0 unspecified atom stereocenters. The van der Waals surface area contributed by atoms with Crippen LogP contribution in [0.3, 0.4) is 0 Å². The largest absolute Gasteiger partial charge is 0.289 e. The van der Waals surface area contributed by atoms with Gasteiger partial charge >= 0.3 is 0 Å². The van der Waals surface area contributed by atoms with Gasteiger partial charge < -0.3 is 0 Å². The number of fused-ring (bicyclic) bond motifs is 1. The van der Waals surface area contributed by atoms with Crippen molar-refractivity contribution >= 4 is 10.9 Å². The fraction of sp³-hybridized carbons (Fsp3) is 0.100. The predicted molar refractivity (Wildman–Crippen MR) is 46.6 cm³/mol. The molecule has 0 aliphatic carbocycles. The van der Waals surface area contributed by atoms with E-state index in [0.29, 0.717) is 5.39 Å². The number of pyridine rings is 1. The maximum Gasteiger partial charge on any atom is 0.189 e. The number of hydrogen-bond acceptors (Lipinski definition) is 1. The number of hydrogen-bond donors (Lipinski definition) is 0. The van der Waals surface area contributed by atoms with Gasteiger partial charge in [-0.25, -0.2) is 0 Å². The maximum atomic E-state index is 11.3. The lowest BCUT2D eigenvalue weighted by Gasteiger charge is -1.97. The molecule has 59 valence electrons. The molecule has 0 atom stereocenters. The van der Waals surface area contributed by atoms with Crippen molar-refractivity contribution in [3.8, 4) is 5.75 Å². The summed E-state index contributed by atoms with van der Waals surface area (Å²) in [5, 5.41) is 12.0. The van der Waals surface area contributed by atoms with Crippen LogP contribution in [-0.4, -0.2) is 4.98 Å². The minimum atomic E-state index is 0.0451. The molecule has 0 spiro atoms. The Balaban J connectivity index is 2.88. The highest BCUT2D eigenvalue weighted by Crippen LogP contribution is 2.23. The van der Waals surface area contributed by atoms with Gasteiger partial charge in [-0.3, -0.25) is 10.1 Å². The Bertz CT molecular complexity index is 423. The van der Waals surface area contributed by atoms with E-state index in [2.05, 4.69) is 4.98 Å². The Hall–Kier alpha value is -1.57. The summed E-state index contributed by atoms with van der Waals surface area (Å²) < 4.78 is 0. The molecule has 2 nitrogen and oxygen atoms in total. The molecule has 1 aromatic heterocycles. The molecule has 2 rings (SSSR count). The van der Waals surface area contributed by atoms with Gasteiger partial charge in [-0.05, 0) is 19.1 Å². The molecular formula is C10H8NO. The van der Waals surface area contributed by atoms with E-state index in [1.165, 1.54) is 6.07 Å². The molecule has 0 aliphatic heterocycles. The van der Waals surface area contributed by atoms with Crippen LogP contribution in [0.4, 0.5) is 0 Å². The lowest BCUT2D eigenvalue weighted by Crippen LogP contribution is -1.78. The first-order valence-corrected chi connectivity index (χ1v) is 3.80. The summed E-state index contributed by atoms with van der Waals surface area (Å²) in [4.78, 5) is 4.08. The van der Waals surface area contributed by atoms with Gasteiger partial charge in [0.05, 0.1) is 5.52 Å². The normalized spacial score (nSPS) is 10.4. The van der Waals surface area contributed by atoms with Crippen LogP contribution < -0.4 is 0 Å². The van der Waals surface area contributed by atoms with Crippen molar-refractivity contribution in [3.63, 3.8) is 0 Å². The standard InChI is InChI=1S/C10H8NO/c1-7-2-3-9-8(6-7)10(12)4-5-11-9/h2-6H,1H3. The van der Waals surface area contributed by atoms with E-state index in [9.17, 15) is 5.11 Å². The lowest BCUT2D eigenvalue weighted by atomic mass is 10.1. The number of aryl methyl sites for hydroxylation is 1. The summed E-state index contributed by atoms with van der Waals surface area (Å²) in [5.41, 5.74) is 1.86. The third-order valence-electron chi connectivity index (χ3n) is 1.86. The summed E-state index contributed by atoms with van der Waals surface area (Å²) in [6.45, 7) is 1.96. The first kappa shape index (κ1) is 7.10. The van der Waals surface area contributed by atoms with Crippen LogP contribution in [0.15, 0.2) is 30.5 Å². The van der Waals surface area contributed by atoms with Crippen LogP contribution in [-0.2, 0) is 5.11 Å². The summed E-state index contributed by atoms with van der Waals surface area (Å²) >= 11 is 0. The molecular weight excluding hydrogens is 150 g/mol. The highest BCUT2D eigenvalue weighted by atomic mass is 16.3. The molecule has 0 bridgehead atoms. The van der Waals surface area contributed by atoms with E-state index in [1.54, 1.807) is 6.20 Å². The van der Waals surface area contributed by atoms with Crippen LogP contribution >= 0.6 is 0 Å². The minimum absolute atomic E-state index is 0.0451. The zero-order valence-electron chi connectivity index (χ0n) is 6.74. The van der Waals surface area contributed by atoms with Crippen molar-refractivity contribution in [2.75, 3.05) is 0 Å². The lowest BCUT2D eigenvalue weighted by molar-refractivity contribution is 0.360. The zero-order chi connectivity index (χ0) is 8.55. The first-order valence-electron chi connectivity index (χ1n) is 3.80. The molecule has 2 aromatic rings. The Morgan fingerprint density at radius 2 is 2.08 bits per heavy atom. The van der Waals surface area contributed by atoms with E-state index >= 15 is 0 Å². The Morgan fingerprint density at radius 3 is 2.92 bits per heavy atom. The quantitative estimate of drug-likeness (QED) is 0.580. The summed E-state index contributed by atoms with van der Waals surface area (Å²) in [5.74, 6) is 0.0451. The van der Waals surface area contributed by atoms with Gasteiger partial charge in [-0.2, -0.15) is 0 Å². The molecule has 0 saturated heterocycles. The fourth-order valence-corrected chi connectivity index (χ4v) is 1.23. The van der Waals surface area contributed by atoms with Gasteiger partial charge in [0.15, 0.2) is 5.75 Å². The fourth-order valence-electron chi connectivity index (χ4n) is 1.23. The third kappa shape index (κ3) is 1.01. The number of aromatic nitrogens is 1. The van der Waals surface area contributed by atoms with Gasteiger partial charge in [-0.15, -0.1) is 0 Å². The van der Waals surface area contributed by atoms with Crippen LogP contribution in [0, 0.1) is 6.92 Å². The van der Waals surface area contributed by atoms with E-state index in [4.69, 9.17) is 0 Å². The second-order valence-corrected chi connectivity index (χ2v) is 2.83. The van der Waals surface area contributed by atoms with Crippen molar-refractivity contribution < 1.29 is 5.11 Å². The molecule has 1 heterocycles. The SMILES string of the molecule is Cc1ccc2nccc([O])c2c1. The number of benzene rings is 1. The molecule has 0 saturated carbocycles. The van der Waals surface area contributed by atoms with Crippen LogP contribution in [0.25, 0.3) is 10.9 Å². The van der Waals surface area contributed by atoms with Gasteiger partial charge in [0, 0.05) is 17.6 Å². The number of nitrogens with zero attached hydrogens (tertiary/aromatic N) is 1. The zero-order valence-corrected chi connectivity index (χ0v) is 6.74. The van der Waals surface area contributed by atoms with Gasteiger partial charge in [0.25, 0.3) is 0 Å². The van der Waals surface area contributed by atoms with E-state index < -0.39 is 0 Å². The molecule has 0 aliphatic rings. The molecule has 1 radical (unpaired) electrons. The van der Waals surface area contributed by atoms with Gasteiger partial charge in [0.1, 0.15) is 0 Å². The van der Waals surface area contributed by atoms with Crippen molar-refractivity contribution in [2.24, 2.45) is 0 Å². The highest BCUT2D eigenvalue weighted by molar-refractivity contribution is 5.84. The summed E-state index contributed by atoms with van der Waals surface area (Å²) in [6, 6.07) is 7.17. The van der Waals surface area contributed by atoms with Gasteiger partial charge in [0.2, 0.25) is 0 Å². The smallest absolute Gasteiger partial charge is 0.189 e. The predicted octanol–water partition coefficient (Wildman–Crippen LogP) is 2.69. The van der Waals surface area contributed by atoms with Crippen LogP contribution in [0.5, 0.6) is 5.75 Å². The van der Waals surface area contributed by atoms with Crippen molar-refractivity contribution in [3.05, 3.63) is 36.0 Å². The molecule has 0 N–H and O–H groups in total.